The van der Waals surface area contributed by atoms with Gasteiger partial charge in [0.2, 0.25) is 0 Å². The predicted molar refractivity (Wildman–Crippen MR) is 82.2 cm³/mol. The fraction of sp³-hybridized carbons (Fsp3) is 0.333. The Morgan fingerprint density at radius 1 is 1.05 bits per heavy atom. The zero-order valence-electron chi connectivity index (χ0n) is 12.3. The molecular formula is C18H19F2N. The molecule has 0 saturated heterocycles. The third-order valence-electron chi connectivity index (χ3n) is 4.39. The molecule has 2 aromatic rings. The minimum atomic E-state index is -2.40. The average Bonchev–Trinajstić information content (AvgIpc) is 2.48. The van der Waals surface area contributed by atoms with Crippen molar-refractivity contribution >= 4 is 5.69 Å². The summed E-state index contributed by atoms with van der Waals surface area (Å²) in [4.78, 5) is 1.85. The molecule has 0 spiro atoms. The van der Waals surface area contributed by atoms with Gasteiger partial charge in [-0.15, -0.1) is 0 Å². The summed E-state index contributed by atoms with van der Waals surface area (Å²) in [5, 5.41) is 0. The second-order valence-corrected chi connectivity index (χ2v) is 5.69. The van der Waals surface area contributed by atoms with E-state index in [1.165, 1.54) is 5.56 Å². The molecule has 0 radical (unpaired) electrons. The molecule has 2 aromatic carbocycles. The zero-order chi connectivity index (χ0) is 15.0. The molecule has 0 amide bonds. The van der Waals surface area contributed by atoms with Gasteiger partial charge >= 0.3 is 0 Å². The molecule has 0 saturated carbocycles. The van der Waals surface area contributed by atoms with Crippen molar-refractivity contribution in [1.29, 1.82) is 0 Å². The lowest BCUT2D eigenvalue weighted by Crippen LogP contribution is -2.39. The highest BCUT2D eigenvalue weighted by molar-refractivity contribution is 5.55. The van der Waals surface area contributed by atoms with Gasteiger partial charge in [0.1, 0.15) is 6.04 Å². The van der Waals surface area contributed by atoms with Crippen molar-refractivity contribution in [3.05, 3.63) is 64.7 Å². The van der Waals surface area contributed by atoms with E-state index >= 15 is 0 Å². The zero-order valence-corrected chi connectivity index (χ0v) is 12.3. The van der Waals surface area contributed by atoms with Crippen molar-refractivity contribution in [3.63, 3.8) is 0 Å². The number of hydrogen-bond acceptors (Lipinski definition) is 1. The summed E-state index contributed by atoms with van der Waals surface area (Å²) in [7, 11) is 0. The van der Waals surface area contributed by atoms with Gasteiger partial charge in [-0.2, -0.15) is 0 Å². The van der Waals surface area contributed by atoms with Crippen LogP contribution < -0.4 is 4.90 Å². The van der Waals surface area contributed by atoms with Crippen LogP contribution in [0.4, 0.5) is 14.5 Å². The van der Waals surface area contributed by atoms with Crippen LogP contribution in [0.5, 0.6) is 0 Å². The minimum absolute atomic E-state index is 0.633. The molecule has 3 heteroatoms. The summed E-state index contributed by atoms with van der Waals surface area (Å²) in [6.07, 6.45) is -1.58. The summed E-state index contributed by atoms with van der Waals surface area (Å²) in [5.74, 6) is 0. The molecule has 0 fully saturated rings. The molecule has 110 valence electrons. The highest BCUT2D eigenvalue weighted by Crippen LogP contribution is 2.37. The van der Waals surface area contributed by atoms with E-state index in [-0.39, 0.29) is 0 Å². The van der Waals surface area contributed by atoms with Gasteiger partial charge in [0, 0.05) is 12.2 Å². The van der Waals surface area contributed by atoms with Crippen molar-refractivity contribution in [2.45, 2.75) is 32.7 Å². The van der Waals surface area contributed by atoms with Crippen molar-refractivity contribution in [3.8, 4) is 0 Å². The lowest BCUT2D eigenvalue weighted by molar-refractivity contribution is 0.109. The van der Waals surface area contributed by atoms with E-state index in [1.54, 1.807) is 0 Å². The third-order valence-corrected chi connectivity index (χ3v) is 4.39. The van der Waals surface area contributed by atoms with Crippen molar-refractivity contribution in [2.24, 2.45) is 0 Å². The van der Waals surface area contributed by atoms with Gasteiger partial charge in [0.05, 0.1) is 0 Å². The summed E-state index contributed by atoms with van der Waals surface area (Å²) in [6, 6.07) is 12.7. The topological polar surface area (TPSA) is 3.24 Å². The maximum atomic E-state index is 13.7. The monoisotopic (exact) mass is 287 g/mol. The number of hydrogen-bond donors (Lipinski definition) is 0. The van der Waals surface area contributed by atoms with E-state index in [0.717, 1.165) is 28.8 Å². The molecule has 0 aliphatic carbocycles. The first kappa shape index (κ1) is 14.1. The van der Waals surface area contributed by atoms with Gasteiger partial charge in [-0.25, -0.2) is 8.78 Å². The van der Waals surface area contributed by atoms with Crippen LogP contribution in [0, 0.1) is 13.8 Å². The van der Waals surface area contributed by atoms with Crippen LogP contribution in [-0.2, 0) is 6.42 Å². The van der Waals surface area contributed by atoms with E-state index in [4.69, 9.17) is 0 Å². The fourth-order valence-electron chi connectivity index (χ4n) is 3.06. The lowest BCUT2D eigenvalue weighted by Gasteiger charge is -2.38. The van der Waals surface area contributed by atoms with Crippen LogP contribution in [0.3, 0.4) is 0 Å². The Morgan fingerprint density at radius 2 is 1.81 bits per heavy atom. The van der Waals surface area contributed by atoms with Crippen LogP contribution in [0.2, 0.25) is 0 Å². The van der Waals surface area contributed by atoms with Crippen LogP contribution in [-0.4, -0.2) is 13.0 Å². The highest BCUT2D eigenvalue weighted by atomic mass is 19.3. The van der Waals surface area contributed by atoms with Gasteiger partial charge in [0.15, 0.2) is 0 Å². The van der Waals surface area contributed by atoms with Gasteiger partial charge in [-0.05, 0) is 54.7 Å². The number of alkyl halides is 2. The van der Waals surface area contributed by atoms with Crippen molar-refractivity contribution < 1.29 is 8.78 Å². The number of anilines is 1. The van der Waals surface area contributed by atoms with Gasteiger partial charge in [-0.3, -0.25) is 0 Å². The summed E-state index contributed by atoms with van der Waals surface area (Å²) in [5.41, 5.74) is 5.02. The summed E-state index contributed by atoms with van der Waals surface area (Å²) < 4.78 is 27.3. The average molecular weight is 287 g/mol. The first-order valence-corrected chi connectivity index (χ1v) is 7.28. The predicted octanol–water partition coefficient (Wildman–Crippen LogP) is 4.67. The van der Waals surface area contributed by atoms with Crippen LogP contribution in [0.15, 0.2) is 42.5 Å². The van der Waals surface area contributed by atoms with E-state index in [2.05, 4.69) is 0 Å². The molecule has 3 rings (SSSR count). The van der Waals surface area contributed by atoms with E-state index in [1.807, 2.05) is 61.2 Å². The van der Waals surface area contributed by atoms with Gasteiger partial charge < -0.3 is 4.90 Å². The molecular weight excluding hydrogens is 268 g/mol. The van der Waals surface area contributed by atoms with Gasteiger partial charge in [-0.1, -0.05) is 30.3 Å². The quantitative estimate of drug-likeness (QED) is 0.775. The Balaban J connectivity index is 2.04. The van der Waals surface area contributed by atoms with Crippen molar-refractivity contribution in [1.82, 2.24) is 0 Å². The van der Waals surface area contributed by atoms with E-state index in [9.17, 15) is 8.78 Å². The first-order chi connectivity index (χ1) is 10.1. The minimum Gasteiger partial charge on any atom is -0.359 e. The normalized spacial score (nSPS) is 18.0. The van der Waals surface area contributed by atoms with Crippen molar-refractivity contribution in [2.75, 3.05) is 11.4 Å². The second-order valence-electron chi connectivity index (χ2n) is 5.69. The summed E-state index contributed by atoms with van der Waals surface area (Å²) in [6.45, 7) is 4.69. The first-order valence-electron chi connectivity index (χ1n) is 7.28. The smallest absolute Gasteiger partial charge is 0.262 e. The SMILES string of the molecule is Cc1ccc(N2CCc3ccccc3C2C(F)F)cc1C. The Morgan fingerprint density at radius 3 is 2.52 bits per heavy atom. The van der Waals surface area contributed by atoms with Gasteiger partial charge in [0.25, 0.3) is 6.43 Å². The maximum Gasteiger partial charge on any atom is 0.262 e. The molecule has 0 aromatic heterocycles. The number of nitrogens with zero attached hydrogens (tertiary/aromatic N) is 1. The van der Waals surface area contributed by atoms with E-state index < -0.39 is 12.5 Å². The number of halogens is 2. The van der Waals surface area contributed by atoms with Crippen LogP contribution >= 0.6 is 0 Å². The standard InChI is InChI=1S/C18H19F2N/c1-12-7-8-15(11-13(12)2)21-10-9-14-5-3-4-6-16(14)17(21)18(19)20/h3-8,11,17-18H,9-10H2,1-2H3. The molecule has 1 atom stereocenters. The molecule has 1 aliphatic rings. The molecule has 1 heterocycles. The Kier molecular flexibility index (Phi) is 3.66. The lowest BCUT2D eigenvalue weighted by atomic mass is 9.92. The summed E-state index contributed by atoms with van der Waals surface area (Å²) >= 11 is 0. The van der Waals surface area contributed by atoms with Crippen LogP contribution in [0.1, 0.15) is 28.3 Å². The maximum absolute atomic E-state index is 13.7. The molecule has 0 bridgehead atoms. The Bertz CT molecular complexity index is 651. The number of benzene rings is 2. The molecule has 0 N–H and O–H groups in total. The Labute approximate surface area is 124 Å². The highest BCUT2D eigenvalue weighted by Gasteiger charge is 2.34. The third kappa shape index (κ3) is 2.53. The molecule has 1 aliphatic heterocycles. The fourth-order valence-corrected chi connectivity index (χ4v) is 3.06. The second kappa shape index (κ2) is 5.47. The largest absolute Gasteiger partial charge is 0.359 e. The molecule has 1 unspecified atom stereocenters. The number of aryl methyl sites for hydroxylation is 2. The molecule has 21 heavy (non-hydrogen) atoms. The van der Waals surface area contributed by atoms with Crippen LogP contribution in [0.25, 0.3) is 0 Å². The Hall–Kier alpha value is -1.90. The number of rotatable bonds is 2. The number of fused-ring (bicyclic) bond motifs is 1. The molecule has 1 nitrogen and oxygen atoms in total. The van der Waals surface area contributed by atoms with E-state index in [0.29, 0.717) is 6.54 Å².